The lowest BCUT2D eigenvalue weighted by Gasteiger charge is -2.04. The molecule has 0 spiro atoms. The molecule has 0 aliphatic carbocycles. The van der Waals surface area contributed by atoms with E-state index in [-0.39, 0.29) is 24.0 Å². The van der Waals surface area contributed by atoms with Crippen LogP contribution < -0.4 is 11.1 Å². The van der Waals surface area contributed by atoms with Crippen molar-refractivity contribution in [3.8, 4) is 0 Å². The molecule has 20 heavy (non-hydrogen) atoms. The van der Waals surface area contributed by atoms with Crippen LogP contribution in [0.4, 0.5) is 5.69 Å². The first-order valence-corrected chi connectivity index (χ1v) is 6.72. The van der Waals surface area contributed by atoms with Gasteiger partial charge in [0, 0.05) is 23.5 Å². The molecule has 0 saturated heterocycles. The zero-order valence-corrected chi connectivity index (χ0v) is 13.7. The summed E-state index contributed by atoms with van der Waals surface area (Å²) in [6, 6.07) is 9.72. The van der Waals surface area contributed by atoms with Crippen molar-refractivity contribution in [1.29, 1.82) is 0 Å². The van der Waals surface area contributed by atoms with E-state index in [9.17, 15) is 0 Å². The van der Waals surface area contributed by atoms with Crippen LogP contribution in [0, 0.1) is 0 Å². The summed E-state index contributed by atoms with van der Waals surface area (Å²) in [6.45, 7) is 0.472. The van der Waals surface area contributed by atoms with Gasteiger partial charge in [-0.15, -0.1) is 35.3 Å². The van der Waals surface area contributed by atoms with Crippen LogP contribution in [0.1, 0.15) is 5.69 Å². The Morgan fingerprint density at radius 2 is 2.15 bits per heavy atom. The monoisotopic (exact) mass is 399 g/mol. The first-order valence-electron chi connectivity index (χ1n) is 5.84. The molecule has 0 amide bonds. The van der Waals surface area contributed by atoms with Gasteiger partial charge < -0.3 is 11.1 Å². The molecule has 0 aliphatic heterocycles. The third-order valence-electron chi connectivity index (χ3n) is 2.60. The van der Waals surface area contributed by atoms with E-state index in [4.69, 9.17) is 5.73 Å². The Kier molecular flexibility index (Phi) is 4.96. The highest BCUT2D eigenvalue weighted by molar-refractivity contribution is 14.0. The van der Waals surface area contributed by atoms with Gasteiger partial charge in [0.15, 0.2) is 10.9 Å². The van der Waals surface area contributed by atoms with E-state index in [2.05, 4.69) is 15.3 Å². The SMILES string of the molecule is I.NC(=NCc1cn2ccsc2n1)Nc1ccccc1. The number of rotatable bonds is 3. The molecule has 0 bridgehead atoms. The molecule has 104 valence electrons. The van der Waals surface area contributed by atoms with Crippen molar-refractivity contribution >= 4 is 51.9 Å². The minimum absolute atomic E-state index is 0. The number of guanidine groups is 1. The summed E-state index contributed by atoms with van der Waals surface area (Å²) in [5.74, 6) is 0.391. The van der Waals surface area contributed by atoms with E-state index in [0.29, 0.717) is 12.5 Å². The van der Waals surface area contributed by atoms with Crippen molar-refractivity contribution in [2.75, 3.05) is 5.32 Å². The fraction of sp³-hybridized carbons (Fsp3) is 0.0769. The predicted molar refractivity (Wildman–Crippen MR) is 93.9 cm³/mol. The predicted octanol–water partition coefficient (Wildman–Crippen LogP) is 2.94. The van der Waals surface area contributed by atoms with Gasteiger partial charge in [-0.2, -0.15) is 0 Å². The smallest absolute Gasteiger partial charge is 0.193 e. The van der Waals surface area contributed by atoms with Gasteiger partial charge in [-0.1, -0.05) is 18.2 Å². The van der Waals surface area contributed by atoms with Gasteiger partial charge >= 0.3 is 0 Å². The Bertz CT molecular complexity index is 675. The number of fused-ring (bicyclic) bond motifs is 1. The van der Waals surface area contributed by atoms with Crippen molar-refractivity contribution in [2.24, 2.45) is 10.7 Å². The average molecular weight is 399 g/mol. The molecule has 3 aromatic rings. The molecule has 0 atom stereocenters. The van der Waals surface area contributed by atoms with Gasteiger partial charge in [0.1, 0.15) is 0 Å². The molecule has 0 aliphatic rings. The summed E-state index contributed by atoms with van der Waals surface area (Å²) in [4.78, 5) is 9.69. The molecule has 2 aromatic heterocycles. The summed E-state index contributed by atoms with van der Waals surface area (Å²) in [5, 5.41) is 5.04. The summed E-state index contributed by atoms with van der Waals surface area (Å²) in [7, 11) is 0. The third kappa shape index (κ3) is 3.48. The Morgan fingerprint density at radius 3 is 2.90 bits per heavy atom. The van der Waals surface area contributed by atoms with Crippen molar-refractivity contribution in [1.82, 2.24) is 9.38 Å². The molecule has 0 fully saturated rings. The van der Waals surface area contributed by atoms with Crippen molar-refractivity contribution < 1.29 is 0 Å². The van der Waals surface area contributed by atoms with Crippen LogP contribution in [0.2, 0.25) is 0 Å². The molecular formula is C13H14IN5S. The highest BCUT2D eigenvalue weighted by atomic mass is 127. The highest BCUT2D eigenvalue weighted by Gasteiger charge is 2.01. The summed E-state index contributed by atoms with van der Waals surface area (Å²) in [5.41, 5.74) is 7.66. The Morgan fingerprint density at radius 1 is 1.35 bits per heavy atom. The van der Waals surface area contributed by atoms with E-state index >= 15 is 0 Å². The number of imidazole rings is 1. The molecule has 5 nitrogen and oxygen atoms in total. The summed E-state index contributed by atoms with van der Waals surface area (Å²) in [6.07, 6.45) is 3.94. The van der Waals surface area contributed by atoms with Crippen LogP contribution >= 0.6 is 35.3 Å². The standard InChI is InChI=1S/C13H13N5S.HI/c14-12(16-10-4-2-1-3-5-10)15-8-11-9-18-6-7-19-13(18)17-11;/h1-7,9H,8H2,(H3,14,15,16);1H. The van der Waals surface area contributed by atoms with E-state index in [1.54, 1.807) is 11.3 Å². The number of nitrogens with two attached hydrogens (primary N) is 1. The Hall–Kier alpha value is -1.61. The normalized spacial score (nSPS) is 11.3. The lowest BCUT2D eigenvalue weighted by atomic mass is 10.3. The second-order valence-corrected chi connectivity index (χ2v) is 4.89. The number of anilines is 1. The van der Waals surface area contributed by atoms with Crippen LogP contribution in [0.15, 0.2) is 53.1 Å². The maximum Gasteiger partial charge on any atom is 0.193 e. The van der Waals surface area contributed by atoms with Crippen LogP contribution in [-0.2, 0) is 6.54 Å². The number of halogens is 1. The number of aromatic nitrogens is 2. The summed E-state index contributed by atoms with van der Waals surface area (Å²) >= 11 is 1.60. The molecule has 3 N–H and O–H groups in total. The average Bonchev–Trinajstić information content (AvgIpc) is 2.98. The van der Waals surface area contributed by atoms with Crippen LogP contribution in [0.5, 0.6) is 0 Å². The maximum absolute atomic E-state index is 5.83. The lowest BCUT2D eigenvalue weighted by molar-refractivity contribution is 1.01. The molecule has 3 rings (SSSR count). The Labute approximate surface area is 137 Å². The Balaban J connectivity index is 0.00000147. The van der Waals surface area contributed by atoms with Gasteiger partial charge in [0.05, 0.1) is 12.2 Å². The van der Waals surface area contributed by atoms with Crippen molar-refractivity contribution in [3.63, 3.8) is 0 Å². The van der Waals surface area contributed by atoms with Crippen LogP contribution in [0.25, 0.3) is 4.96 Å². The molecular weight excluding hydrogens is 385 g/mol. The number of hydrogen-bond acceptors (Lipinski definition) is 3. The van der Waals surface area contributed by atoms with Crippen molar-refractivity contribution in [2.45, 2.75) is 6.54 Å². The fourth-order valence-electron chi connectivity index (χ4n) is 1.73. The van der Waals surface area contributed by atoms with Crippen molar-refractivity contribution in [3.05, 3.63) is 53.8 Å². The number of nitrogens with zero attached hydrogens (tertiary/aromatic N) is 3. The van der Waals surface area contributed by atoms with Gasteiger partial charge in [0.2, 0.25) is 0 Å². The number of benzene rings is 1. The highest BCUT2D eigenvalue weighted by Crippen LogP contribution is 2.12. The zero-order valence-electron chi connectivity index (χ0n) is 10.6. The minimum Gasteiger partial charge on any atom is -0.370 e. The van der Waals surface area contributed by atoms with Crippen LogP contribution in [0.3, 0.4) is 0 Å². The lowest BCUT2D eigenvalue weighted by Crippen LogP contribution is -2.22. The molecule has 0 unspecified atom stereocenters. The molecule has 7 heteroatoms. The van der Waals surface area contributed by atoms with Gasteiger partial charge in [-0.3, -0.25) is 4.40 Å². The van der Waals surface area contributed by atoms with E-state index < -0.39 is 0 Å². The van der Waals surface area contributed by atoms with Gasteiger partial charge in [-0.05, 0) is 12.1 Å². The summed E-state index contributed by atoms with van der Waals surface area (Å²) < 4.78 is 1.98. The second kappa shape index (κ2) is 6.71. The van der Waals surface area contributed by atoms with E-state index in [0.717, 1.165) is 16.3 Å². The quantitative estimate of drug-likeness (QED) is 0.404. The molecule has 2 heterocycles. The zero-order chi connectivity index (χ0) is 13.1. The maximum atomic E-state index is 5.83. The van der Waals surface area contributed by atoms with E-state index in [1.807, 2.05) is 52.5 Å². The third-order valence-corrected chi connectivity index (χ3v) is 3.37. The van der Waals surface area contributed by atoms with Crippen LogP contribution in [-0.4, -0.2) is 15.3 Å². The topological polar surface area (TPSA) is 67.7 Å². The first-order chi connectivity index (χ1) is 9.31. The van der Waals surface area contributed by atoms with Gasteiger partial charge in [0.25, 0.3) is 0 Å². The number of aliphatic imine (C=N–C) groups is 1. The minimum atomic E-state index is 0. The molecule has 1 aromatic carbocycles. The number of hydrogen-bond donors (Lipinski definition) is 2. The fourth-order valence-corrected chi connectivity index (χ4v) is 2.45. The molecule has 0 saturated carbocycles. The van der Waals surface area contributed by atoms with Gasteiger partial charge in [-0.25, -0.2) is 9.98 Å². The second-order valence-electron chi connectivity index (χ2n) is 4.02. The first kappa shape index (κ1) is 14.8. The number of thiazole rings is 1. The number of para-hydroxylation sites is 1. The molecule has 0 radical (unpaired) electrons. The van der Waals surface area contributed by atoms with E-state index in [1.165, 1.54) is 0 Å². The number of nitrogens with one attached hydrogen (secondary N) is 1. The largest absolute Gasteiger partial charge is 0.370 e.